The maximum Gasteiger partial charge on any atom is 0.219 e. The maximum atomic E-state index is 11.2. The lowest BCUT2D eigenvalue weighted by Crippen LogP contribution is -2.37. The first-order valence-electron chi connectivity index (χ1n) is 7.35. The topological polar surface area (TPSA) is 87.6 Å². The van der Waals surface area contributed by atoms with Gasteiger partial charge in [0.15, 0.2) is 11.5 Å². The molecule has 122 valence electrons. The molecule has 5 heteroatoms. The van der Waals surface area contributed by atoms with E-state index >= 15 is 0 Å². The molecule has 0 saturated heterocycles. The number of benzene rings is 2. The summed E-state index contributed by atoms with van der Waals surface area (Å²) in [7, 11) is 1.57. The van der Waals surface area contributed by atoms with Gasteiger partial charge in [0.1, 0.15) is 6.61 Å². The van der Waals surface area contributed by atoms with Crippen LogP contribution < -0.4 is 20.9 Å². The van der Waals surface area contributed by atoms with E-state index < -0.39 is 11.4 Å². The quantitative estimate of drug-likeness (QED) is 0.821. The van der Waals surface area contributed by atoms with Gasteiger partial charge in [-0.2, -0.15) is 0 Å². The highest BCUT2D eigenvalue weighted by atomic mass is 16.5. The minimum Gasteiger partial charge on any atom is -0.493 e. The second-order valence-electron chi connectivity index (χ2n) is 5.70. The van der Waals surface area contributed by atoms with Crippen LogP contribution in [0.4, 0.5) is 0 Å². The van der Waals surface area contributed by atoms with E-state index in [0.717, 1.165) is 11.1 Å². The van der Waals surface area contributed by atoms with E-state index in [0.29, 0.717) is 18.1 Å². The molecule has 1 unspecified atom stereocenters. The number of methoxy groups -OCH3 is 1. The molecule has 1 atom stereocenters. The lowest BCUT2D eigenvalue weighted by atomic mass is 9.89. The summed E-state index contributed by atoms with van der Waals surface area (Å²) < 4.78 is 11.2. The lowest BCUT2D eigenvalue weighted by Gasteiger charge is -2.24. The average Bonchev–Trinajstić information content (AvgIpc) is 2.52. The van der Waals surface area contributed by atoms with Crippen molar-refractivity contribution in [3.8, 4) is 11.5 Å². The Balaban J connectivity index is 2.18. The minimum atomic E-state index is -0.850. The van der Waals surface area contributed by atoms with Crippen LogP contribution in [0.1, 0.15) is 24.5 Å². The van der Waals surface area contributed by atoms with Crippen molar-refractivity contribution in [2.75, 3.05) is 7.11 Å². The number of ether oxygens (including phenoxy) is 2. The van der Waals surface area contributed by atoms with Crippen molar-refractivity contribution in [1.29, 1.82) is 0 Å². The number of hydrogen-bond donors (Lipinski definition) is 2. The van der Waals surface area contributed by atoms with Crippen molar-refractivity contribution < 1.29 is 14.3 Å². The lowest BCUT2D eigenvalue weighted by molar-refractivity contribution is -0.119. The van der Waals surface area contributed by atoms with Gasteiger partial charge in [-0.15, -0.1) is 0 Å². The second kappa shape index (κ2) is 7.15. The van der Waals surface area contributed by atoms with Gasteiger partial charge >= 0.3 is 0 Å². The predicted octanol–water partition coefficient (Wildman–Crippen LogP) is 2.32. The zero-order valence-corrected chi connectivity index (χ0v) is 13.4. The van der Waals surface area contributed by atoms with E-state index in [-0.39, 0.29) is 6.42 Å². The van der Waals surface area contributed by atoms with Crippen molar-refractivity contribution in [1.82, 2.24) is 0 Å². The van der Waals surface area contributed by atoms with Crippen molar-refractivity contribution in [2.45, 2.75) is 25.5 Å². The number of hydrogen-bond acceptors (Lipinski definition) is 4. The largest absolute Gasteiger partial charge is 0.493 e. The van der Waals surface area contributed by atoms with Crippen LogP contribution in [0, 0.1) is 0 Å². The highest BCUT2D eigenvalue weighted by Gasteiger charge is 2.25. The fraction of sp³-hybridized carbons (Fsp3) is 0.278. The van der Waals surface area contributed by atoms with Gasteiger partial charge in [-0.1, -0.05) is 36.4 Å². The van der Waals surface area contributed by atoms with Gasteiger partial charge in [0.25, 0.3) is 0 Å². The Labute approximate surface area is 136 Å². The van der Waals surface area contributed by atoms with E-state index in [9.17, 15) is 4.79 Å². The molecule has 1 amide bonds. The summed E-state index contributed by atoms with van der Waals surface area (Å²) in [4.78, 5) is 11.2. The fourth-order valence-electron chi connectivity index (χ4n) is 2.34. The molecule has 2 aromatic carbocycles. The fourth-order valence-corrected chi connectivity index (χ4v) is 2.34. The van der Waals surface area contributed by atoms with Crippen LogP contribution in [-0.2, 0) is 16.9 Å². The van der Waals surface area contributed by atoms with Crippen LogP contribution in [0.15, 0.2) is 48.5 Å². The van der Waals surface area contributed by atoms with Gasteiger partial charge in [-0.05, 0) is 30.2 Å². The Hall–Kier alpha value is -2.53. The molecule has 0 aromatic heterocycles. The first-order valence-corrected chi connectivity index (χ1v) is 7.35. The third-order valence-electron chi connectivity index (χ3n) is 3.60. The molecule has 0 saturated carbocycles. The van der Waals surface area contributed by atoms with E-state index in [4.69, 9.17) is 20.9 Å². The Kier molecular flexibility index (Phi) is 5.24. The van der Waals surface area contributed by atoms with Crippen LogP contribution >= 0.6 is 0 Å². The standard InChI is InChI=1S/C18H22N2O3/c1-18(20,11-17(19)21)14-8-9-15(16(10-14)22-2)23-12-13-6-4-3-5-7-13/h3-10H,11-12,20H2,1-2H3,(H2,19,21). The number of primary amides is 1. The molecule has 0 spiro atoms. The molecule has 0 aliphatic rings. The van der Waals surface area contributed by atoms with E-state index in [1.807, 2.05) is 36.4 Å². The van der Waals surface area contributed by atoms with Crippen molar-refractivity contribution in [2.24, 2.45) is 11.5 Å². The number of amides is 1. The molecule has 0 radical (unpaired) electrons. The molecule has 2 aromatic rings. The zero-order valence-electron chi connectivity index (χ0n) is 13.4. The van der Waals surface area contributed by atoms with E-state index in [2.05, 4.69) is 0 Å². The van der Waals surface area contributed by atoms with E-state index in [1.54, 1.807) is 26.2 Å². The maximum absolute atomic E-state index is 11.2. The highest BCUT2D eigenvalue weighted by molar-refractivity contribution is 5.75. The smallest absolute Gasteiger partial charge is 0.219 e. The summed E-state index contributed by atoms with van der Waals surface area (Å²) in [6.07, 6.45) is 0.0559. The van der Waals surface area contributed by atoms with Crippen LogP contribution in [0.5, 0.6) is 11.5 Å². The summed E-state index contributed by atoms with van der Waals surface area (Å²) in [5, 5.41) is 0. The normalized spacial score (nSPS) is 13.2. The second-order valence-corrected chi connectivity index (χ2v) is 5.70. The summed E-state index contributed by atoms with van der Waals surface area (Å²) in [5.74, 6) is 0.743. The van der Waals surface area contributed by atoms with Gasteiger partial charge in [0.2, 0.25) is 5.91 Å². The number of carbonyl (C=O) groups is 1. The van der Waals surface area contributed by atoms with Crippen molar-refractivity contribution in [3.05, 3.63) is 59.7 Å². The molecule has 0 aliphatic heterocycles. The van der Waals surface area contributed by atoms with Gasteiger partial charge in [0, 0.05) is 12.0 Å². The monoisotopic (exact) mass is 314 g/mol. The number of rotatable bonds is 7. The molecule has 5 nitrogen and oxygen atoms in total. The molecular formula is C18H22N2O3. The molecule has 0 bridgehead atoms. The third-order valence-corrected chi connectivity index (χ3v) is 3.60. The van der Waals surface area contributed by atoms with Crippen LogP contribution in [0.2, 0.25) is 0 Å². The highest BCUT2D eigenvalue weighted by Crippen LogP contribution is 2.33. The number of carbonyl (C=O) groups excluding carboxylic acids is 1. The Morgan fingerprint density at radius 3 is 2.43 bits per heavy atom. The molecule has 4 N–H and O–H groups in total. The summed E-state index contributed by atoms with van der Waals surface area (Å²) in [6.45, 7) is 2.20. The molecule has 23 heavy (non-hydrogen) atoms. The molecule has 0 aliphatic carbocycles. The Morgan fingerprint density at radius 2 is 1.83 bits per heavy atom. The minimum absolute atomic E-state index is 0.0559. The molecular weight excluding hydrogens is 292 g/mol. The van der Waals surface area contributed by atoms with Crippen LogP contribution in [-0.4, -0.2) is 13.0 Å². The van der Waals surface area contributed by atoms with Gasteiger partial charge < -0.3 is 20.9 Å². The van der Waals surface area contributed by atoms with Crippen LogP contribution in [0.25, 0.3) is 0 Å². The van der Waals surface area contributed by atoms with Gasteiger partial charge in [-0.3, -0.25) is 4.79 Å². The van der Waals surface area contributed by atoms with E-state index in [1.165, 1.54) is 0 Å². The molecule has 2 rings (SSSR count). The van der Waals surface area contributed by atoms with Crippen molar-refractivity contribution >= 4 is 5.91 Å². The Morgan fingerprint density at radius 1 is 1.13 bits per heavy atom. The summed E-state index contributed by atoms with van der Waals surface area (Å²) in [6, 6.07) is 15.3. The van der Waals surface area contributed by atoms with Gasteiger partial charge in [0.05, 0.1) is 7.11 Å². The average molecular weight is 314 g/mol. The van der Waals surface area contributed by atoms with Crippen molar-refractivity contribution in [3.63, 3.8) is 0 Å². The van der Waals surface area contributed by atoms with Crippen LogP contribution in [0.3, 0.4) is 0 Å². The first kappa shape index (κ1) is 16.8. The SMILES string of the molecule is COc1cc(C(C)(N)CC(N)=O)ccc1OCc1ccccc1. The summed E-state index contributed by atoms with van der Waals surface area (Å²) in [5.41, 5.74) is 12.4. The predicted molar refractivity (Wildman–Crippen MR) is 89.1 cm³/mol. The summed E-state index contributed by atoms with van der Waals surface area (Å²) >= 11 is 0. The third kappa shape index (κ3) is 4.47. The number of nitrogens with two attached hydrogens (primary N) is 2. The first-order chi connectivity index (χ1) is 10.9. The van der Waals surface area contributed by atoms with Gasteiger partial charge in [-0.25, -0.2) is 0 Å². The Bertz CT molecular complexity index is 669. The molecule has 0 heterocycles. The molecule has 0 fully saturated rings. The zero-order chi connectivity index (χ0) is 16.9.